The zero-order valence-corrected chi connectivity index (χ0v) is 20.4. The van der Waals surface area contributed by atoms with Gasteiger partial charge in [0.05, 0.1) is 18.0 Å². The van der Waals surface area contributed by atoms with E-state index in [2.05, 4.69) is 19.2 Å². The van der Waals surface area contributed by atoms with Crippen molar-refractivity contribution in [1.82, 2.24) is 5.32 Å². The van der Waals surface area contributed by atoms with E-state index in [1.54, 1.807) is 19.1 Å². The number of nitrogens with zero attached hydrogens (tertiary/aromatic N) is 1. The SMILES string of the molecule is CCc1ccc(N(C(C)C(=O)NC2CC(CC)(CC)Oc3ccccc32)S(C)(=O)=O)cc1. The van der Waals surface area contributed by atoms with Gasteiger partial charge in [-0.3, -0.25) is 9.10 Å². The van der Waals surface area contributed by atoms with E-state index < -0.39 is 16.1 Å². The average Bonchev–Trinajstić information content (AvgIpc) is 2.78. The Morgan fingerprint density at radius 3 is 2.31 bits per heavy atom. The van der Waals surface area contributed by atoms with Gasteiger partial charge < -0.3 is 10.1 Å². The largest absolute Gasteiger partial charge is 0.487 e. The second-order valence-electron chi connectivity index (χ2n) is 8.55. The molecular formula is C25H34N2O4S. The lowest BCUT2D eigenvalue weighted by Gasteiger charge is -2.42. The molecule has 0 bridgehead atoms. The number of sulfonamides is 1. The van der Waals surface area contributed by atoms with Crippen LogP contribution in [0.5, 0.6) is 5.75 Å². The third-order valence-corrected chi connectivity index (χ3v) is 7.73. The van der Waals surface area contributed by atoms with Crippen molar-refractivity contribution in [2.45, 2.75) is 71.1 Å². The molecule has 2 aromatic rings. The molecule has 7 heteroatoms. The predicted octanol–water partition coefficient (Wildman–Crippen LogP) is 4.60. The summed E-state index contributed by atoms with van der Waals surface area (Å²) in [6, 6.07) is 13.9. The summed E-state index contributed by atoms with van der Waals surface area (Å²) in [5.41, 5.74) is 2.15. The summed E-state index contributed by atoms with van der Waals surface area (Å²) in [7, 11) is -3.67. The topological polar surface area (TPSA) is 75.7 Å². The first-order chi connectivity index (χ1) is 15.1. The fourth-order valence-corrected chi connectivity index (χ4v) is 5.58. The van der Waals surface area contributed by atoms with E-state index in [9.17, 15) is 13.2 Å². The molecule has 0 saturated heterocycles. The number of para-hydroxylation sites is 1. The molecule has 174 valence electrons. The highest BCUT2D eigenvalue weighted by Gasteiger charge is 2.40. The highest BCUT2D eigenvalue weighted by Crippen LogP contribution is 2.42. The zero-order chi connectivity index (χ0) is 23.5. The molecule has 2 atom stereocenters. The predicted molar refractivity (Wildman–Crippen MR) is 128 cm³/mol. The summed E-state index contributed by atoms with van der Waals surface area (Å²) in [6.07, 6.45) is 4.26. The van der Waals surface area contributed by atoms with Crippen molar-refractivity contribution in [2.75, 3.05) is 10.6 Å². The Balaban J connectivity index is 1.90. The van der Waals surface area contributed by atoms with Gasteiger partial charge in [0.2, 0.25) is 15.9 Å². The minimum Gasteiger partial charge on any atom is -0.487 e. The monoisotopic (exact) mass is 458 g/mol. The maximum absolute atomic E-state index is 13.3. The van der Waals surface area contributed by atoms with Crippen LogP contribution in [0.2, 0.25) is 0 Å². The lowest BCUT2D eigenvalue weighted by atomic mass is 9.83. The summed E-state index contributed by atoms with van der Waals surface area (Å²) in [5.74, 6) is 0.438. The van der Waals surface area contributed by atoms with E-state index in [1.807, 2.05) is 43.3 Å². The van der Waals surface area contributed by atoms with Crippen molar-refractivity contribution < 1.29 is 17.9 Å². The quantitative estimate of drug-likeness (QED) is 0.627. The van der Waals surface area contributed by atoms with E-state index in [-0.39, 0.29) is 17.6 Å². The molecule has 0 saturated carbocycles. The average molecular weight is 459 g/mol. The maximum Gasteiger partial charge on any atom is 0.244 e. The Hall–Kier alpha value is -2.54. The standard InChI is InChI=1S/C25H34N2O4S/c1-6-19-13-15-20(16-14-19)27(32(5,29)30)18(4)24(28)26-22-17-25(7-2,8-3)31-23-12-10-9-11-21(22)23/h9-16,18,22H,6-8,17H2,1-5H3,(H,26,28). The van der Waals surface area contributed by atoms with Crippen LogP contribution >= 0.6 is 0 Å². The minimum atomic E-state index is -3.67. The van der Waals surface area contributed by atoms with Gasteiger partial charge in [-0.25, -0.2) is 8.42 Å². The number of nitrogens with one attached hydrogen (secondary N) is 1. The molecule has 0 aromatic heterocycles. The van der Waals surface area contributed by atoms with E-state index in [0.717, 1.165) is 42.4 Å². The number of carbonyl (C=O) groups excluding carboxylic acids is 1. The van der Waals surface area contributed by atoms with Crippen LogP contribution in [-0.4, -0.2) is 32.2 Å². The van der Waals surface area contributed by atoms with Gasteiger partial charge >= 0.3 is 0 Å². The van der Waals surface area contributed by atoms with Crippen LogP contribution < -0.4 is 14.4 Å². The smallest absolute Gasteiger partial charge is 0.244 e. The highest BCUT2D eigenvalue weighted by molar-refractivity contribution is 7.92. The minimum absolute atomic E-state index is 0.251. The number of amides is 1. The number of hydrogen-bond donors (Lipinski definition) is 1. The number of fused-ring (bicyclic) bond motifs is 1. The molecule has 0 radical (unpaired) electrons. The van der Waals surface area contributed by atoms with Crippen molar-refractivity contribution in [3.8, 4) is 5.75 Å². The summed E-state index contributed by atoms with van der Waals surface area (Å²) in [5, 5.41) is 3.12. The number of anilines is 1. The van der Waals surface area contributed by atoms with E-state index in [1.165, 1.54) is 4.31 Å². The molecule has 32 heavy (non-hydrogen) atoms. The molecular weight excluding hydrogens is 424 g/mol. The van der Waals surface area contributed by atoms with Crippen molar-refractivity contribution in [1.29, 1.82) is 0 Å². The van der Waals surface area contributed by atoms with Crippen LogP contribution in [0.15, 0.2) is 48.5 Å². The molecule has 2 unspecified atom stereocenters. The van der Waals surface area contributed by atoms with Gasteiger partial charge in [0.15, 0.2) is 0 Å². The molecule has 1 aliphatic rings. The Morgan fingerprint density at radius 1 is 1.12 bits per heavy atom. The third-order valence-electron chi connectivity index (χ3n) is 6.49. The lowest BCUT2D eigenvalue weighted by Crippen LogP contribution is -2.51. The lowest BCUT2D eigenvalue weighted by molar-refractivity contribution is -0.123. The van der Waals surface area contributed by atoms with Gasteiger partial charge in [0.25, 0.3) is 0 Å². The normalized spacial score (nSPS) is 18.2. The Morgan fingerprint density at radius 2 is 1.75 bits per heavy atom. The fourth-order valence-electron chi connectivity index (χ4n) is 4.41. The van der Waals surface area contributed by atoms with Gasteiger partial charge in [-0.1, -0.05) is 51.1 Å². The van der Waals surface area contributed by atoms with E-state index in [0.29, 0.717) is 12.1 Å². The summed E-state index contributed by atoms with van der Waals surface area (Å²) < 4.78 is 32.8. The Bertz CT molecular complexity index is 1050. The fraction of sp³-hybridized carbons (Fsp3) is 0.480. The van der Waals surface area contributed by atoms with Crippen LogP contribution in [0, 0.1) is 0 Å². The van der Waals surface area contributed by atoms with Crippen molar-refractivity contribution in [3.05, 3.63) is 59.7 Å². The van der Waals surface area contributed by atoms with Gasteiger partial charge in [-0.05, 0) is 49.9 Å². The maximum atomic E-state index is 13.3. The molecule has 1 N–H and O–H groups in total. The summed E-state index contributed by atoms with van der Waals surface area (Å²) in [4.78, 5) is 13.3. The van der Waals surface area contributed by atoms with Crippen LogP contribution in [0.3, 0.4) is 0 Å². The number of carbonyl (C=O) groups is 1. The van der Waals surface area contributed by atoms with Crippen LogP contribution in [0.25, 0.3) is 0 Å². The molecule has 0 spiro atoms. The van der Waals surface area contributed by atoms with Crippen LogP contribution in [-0.2, 0) is 21.2 Å². The van der Waals surface area contributed by atoms with E-state index >= 15 is 0 Å². The third kappa shape index (κ3) is 4.93. The Kier molecular flexibility index (Phi) is 7.18. The van der Waals surface area contributed by atoms with Crippen LogP contribution in [0.4, 0.5) is 5.69 Å². The van der Waals surface area contributed by atoms with Crippen molar-refractivity contribution >= 4 is 21.6 Å². The van der Waals surface area contributed by atoms with Gasteiger partial charge in [0.1, 0.15) is 17.4 Å². The molecule has 1 amide bonds. The van der Waals surface area contributed by atoms with Gasteiger partial charge in [-0.15, -0.1) is 0 Å². The highest BCUT2D eigenvalue weighted by atomic mass is 32.2. The number of ether oxygens (including phenoxy) is 1. The van der Waals surface area contributed by atoms with E-state index in [4.69, 9.17) is 4.74 Å². The molecule has 0 aliphatic carbocycles. The molecule has 3 rings (SSSR count). The molecule has 1 aliphatic heterocycles. The first kappa shape index (κ1) is 24.1. The second kappa shape index (κ2) is 9.53. The molecule has 1 heterocycles. The van der Waals surface area contributed by atoms with Crippen molar-refractivity contribution in [3.63, 3.8) is 0 Å². The molecule has 0 fully saturated rings. The first-order valence-electron chi connectivity index (χ1n) is 11.3. The van der Waals surface area contributed by atoms with Gasteiger partial charge in [-0.2, -0.15) is 0 Å². The summed E-state index contributed by atoms with van der Waals surface area (Å²) >= 11 is 0. The number of benzene rings is 2. The van der Waals surface area contributed by atoms with Crippen molar-refractivity contribution in [2.24, 2.45) is 0 Å². The molecule has 2 aromatic carbocycles. The number of hydrogen-bond acceptors (Lipinski definition) is 4. The Labute approximate surface area is 192 Å². The zero-order valence-electron chi connectivity index (χ0n) is 19.6. The van der Waals surface area contributed by atoms with Crippen LogP contribution in [0.1, 0.15) is 64.1 Å². The number of aryl methyl sites for hydroxylation is 1. The summed E-state index contributed by atoms with van der Waals surface area (Å²) in [6.45, 7) is 7.84. The molecule has 6 nitrogen and oxygen atoms in total. The second-order valence-corrected chi connectivity index (χ2v) is 10.4. The number of rotatable bonds is 8. The first-order valence-corrected chi connectivity index (χ1v) is 13.2. The van der Waals surface area contributed by atoms with Gasteiger partial charge in [0, 0.05) is 12.0 Å².